The Morgan fingerprint density at radius 3 is 2.45 bits per heavy atom. The maximum absolute atomic E-state index is 12.9. The van der Waals surface area contributed by atoms with Gasteiger partial charge in [0.25, 0.3) is 0 Å². The molecule has 1 aliphatic heterocycles. The molecule has 1 aromatic carbocycles. The van der Waals surface area contributed by atoms with E-state index >= 15 is 0 Å². The minimum Gasteiger partial charge on any atom is -0.453 e. The van der Waals surface area contributed by atoms with Crippen molar-refractivity contribution in [2.45, 2.75) is 24.6 Å². The van der Waals surface area contributed by atoms with Crippen molar-refractivity contribution >= 4 is 17.7 Å². The highest BCUT2D eigenvalue weighted by Crippen LogP contribution is 2.39. The highest BCUT2D eigenvalue weighted by molar-refractivity contribution is 6.31. The summed E-state index contributed by atoms with van der Waals surface area (Å²) in [7, 11) is 1.25. The molecule has 0 aliphatic carbocycles. The molecule has 0 bridgehead atoms. The van der Waals surface area contributed by atoms with Gasteiger partial charge in [-0.15, -0.1) is 0 Å². The van der Waals surface area contributed by atoms with Gasteiger partial charge in [-0.3, -0.25) is 0 Å². The van der Waals surface area contributed by atoms with Crippen LogP contribution < -0.4 is 0 Å². The first-order chi connectivity index (χ1) is 10.2. The second-order valence-electron chi connectivity index (χ2n) is 5.18. The zero-order valence-electron chi connectivity index (χ0n) is 11.8. The summed E-state index contributed by atoms with van der Waals surface area (Å²) in [5, 5.41) is 10.2. The van der Waals surface area contributed by atoms with E-state index in [1.54, 1.807) is 0 Å². The molecule has 1 saturated heterocycles. The number of hydrogen-bond donors (Lipinski definition) is 1. The molecule has 0 saturated carbocycles. The molecular weight excluding hydrogens is 323 g/mol. The predicted octanol–water partition coefficient (Wildman–Crippen LogP) is 3.41. The van der Waals surface area contributed by atoms with E-state index in [1.165, 1.54) is 18.1 Å². The van der Waals surface area contributed by atoms with Gasteiger partial charge in [-0.25, -0.2) is 4.79 Å². The van der Waals surface area contributed by atoms with Crippen LogP contribution in [0.2, 0.25) is 5.02 Å². The van der Waals surface area contributed by atoms with Gasteiger partial charge < -0.3 is 14.7 Å². The fourth-order valence-corrected chi connectivity index (χ4v) is 2.73. The minimum atomic E-state index is -4.59. The van der Waals surface area contributed by atoms with Crippen LogP contribution in [-0.4, -0.2) is 36.3 Å². The molecule has 1 N–H and O–H groups in total. The second-order valence-corrected chi connectivity index (χ2v) is 5.59. The molecule has 22 heavy (non-hydrogen) atoms. The maximum Gasteiger partial charge on any atom is 0.417 e. The summed E-state index contributed by atoms with van der Waals surface area (Å²) in [6, 6.07) is 3.38. The molecule has 0 atom stereocenters. The fraction of sp³-hybridized carbons (Fsp3) is 0.500. The summed E-state index contributed by atoms with van der Waals surface area (Å²) in [6.45, 7) is 0.403. The van der Waals surface area contributed by atoms with E-state index in [0.29, 0.717) is 0 Å². The van der Waals surface area contributed by atoms with E-state index < -0.39 is 28.5 Å². The van der Waals surface area contributed by atoms with Gasteiger partial charge in [0.1, 0.15) is 0 Å². The Bertz CT molecular complexity index is 569. The van der Waals surface area contributed by atoms with Gasteiger partial charge in [-0.1, -0.05) is 17.7 Å². The summed E-state index contributed by atoms with van der Waals surface area (Å²) in [5.41, 5.74) is -2.25. The second kappa shape index (κ2) is 5.96. The molecule has 8 heteroatoms. The number of halogens is 4. The first-order valence-corrected chi connectivity index (χ1v) is 6.98. The molecule has 1 aliphatic rings. The third-order valence-corrected chi connectivity index (χ3v) is 4.16. The third-order valence-electron chi connectivity index (χ3n) is 3.83. The number of aliphatic hydroxyl groups is 1. The molecular formula is C14H15ClF3NO3. The number of amides is 1. The van der Waals surface area contributed by atoms with E-state index in [0.717, 1.165) is 12.1 Å². The number of methoxy groups -OCH3 is 1. The van der Waals surface area contributed by atoms with Gasteiger partial charge in [-0.05, 0) is 30.5 Å². The largest absolute Gasteiger partial charge is 0.453 e. The Kier molecular flexibility index (Phi) is 4.58. The zero-order valence-corrected chi connectivity index (χ0v) is 12.5. The number of carbonyl (C=O) groups excluding carboxylic acids is 1. The molecule has 0 radical (unpaired) electrons. The number of hydrogen-bond acceptors (Lipinski definition) is 3. The van der Waals surface area contributed by atoms with Gasteiger partial charge >= 0.3 is 12.3 Å². The van der Waals surface area contributed by atoms with Gasteiger partial charge in [0, 0.05) is 13.1 Å². The summed E-state index contributed by atoms with van der Waals surface area (Å²) in [6.07, 6.45) is -4.85. The number of nitrogens with zero attached hydrogens (tertiary/aromatic N) is 1. The van der Waals surface area contributed by atoms with Crippen molar-refractivity contribution in [3.63, 3.8) is 0 Å². The molecule has 1 amide bonds. The quantitative estimate of drug-likeness (QED) is 0.854. The van der Waals surface area contributed by atoms with Crippen molar-refractivity contribution in [2.24, 2.45) is 0 Å². The lowest BCUT2D eigenvalue weighted by molar-refractivity contribution is -0.137. The summed E-state index contributed by atoms with van der Waals surface area (Å²) >= 11 is 5.58. The smallest absolute Gasteiger partial charge is 0.417 e. The molecule has 0 aromatic heterocycles. The van der Waals surface area contributed by atoms with Crippen LogP contribution in [0.4, 0.5) is 18.0 Å². The molecule has 1 fully saturated rings. The average Bonchev–Trinajstić information content (AvgIpc) is 2.46. The molecule has 122 valence electrons. The predicted molar refractivity (Wildman–Crippen MR) is 73.6 cm³/mol. The van der Waals surface area contributed by atoms with Crippen molar-refractivity contribution in [1.82, 2.24) is 4.90 Å². The normalized spacial score (nSPS) is 18.2. The maximum atomic E-state index is 12.9. The van der Waals surface area contributed by atoms with Gasteiger partial charge in [0.2, 0.25) is 0 Å². The van der Waals surface area contributed by atoms with E-state index in [2.05, 4.69) is 4.74 Å². The zero-order chi connectivity index (χ0) is 16.5. The van der Waals surface area contributed by atoms with E-state index in [9.17, 15) is 23.1 Å². The molecule has 0 spiro atoms. The van der Waals surface area contributed by atoms with E-state index in [1.807, 2.05) is 0 Å². The average molecular weight is 338 g/mol. The van der Waals surface area contributed by atoms with E-state index in [-0.39, 0.29) is 31.5 Å². The molecule has 0 unspecified atom stereocenters. The first-order valence-electron chi connectivity index (χ1n) is 6.60. The van der Waals surface area contributed by atoms with Crippen molar-refractivity contribution in [3.05, 3.63) is 34.3 Å². The van der Waals surface area contributed by atoms with Crippen LogP contribution in [0.5, 0.6) is 0 Å². The first kappa shape index (κ1) is 16.9. The highest BCUT2D eigenvalue weighted by Gasteiger charge is 2.39. The lowest BCUT2D eigenvalue weighted by atomic mass is 9.84. The Hall–Kier alpha value is -1.47. The van der Waals surface area contributed by atoms with Gasteiger partial charge in [-0.2, -0.15) is 13.2 Å². The number of rotatable bonds is 1. The lowest BCUT2D eigenvalue weighted by Crippen LogP contribution is -2.45. The monoisotopic (exact) mass is 337 g/mol. The molecule has 1 aromatic rings. The number of benzene rings is 1. The standard InChI is InChI=1S/C14H15ClF3NO3/c1-22-12(20)19-6-4-13(21,5-7-19)9-2-3-11(15)10(8-9)14(16,17)18/h2-3,8,21H,4-7H2,1H3. The molecule has 1 heterocycles. The van der Waals surface area contributed by atoms with Crippen LogP contribution in [0.25, 0.3) is 0 Å². The van der Waals surface area contributed by atoms with Crippen molar-refractivity contribution in [1.29, 1.82) is 0 Å². The summed E-state index contributed by atoms with van der Waals surface area (Å²) < 4.78 is 43.3. The van der Waals surface area contributed by atoms with Crippen LogP contribution in [0.15, 0.2) is 18.2 Å². The summed E-state index contributed by atoms with van der Waals surface area (Å²) in [4.78, 5) is 12.8. The van der Waals surface area contributed by atoms with Crippen molar-refractivity contribution in [3.8, 4) is 0 Å². The van der Waals surface area contributed by atoms with Crippen LogP contribution in [0, 0.1) is 0 Å². The summed E-state index contributed by atoms with van der Waals surface area (Å²) in [5.74, 6) is 0. The number of piperidine rings is 1. The Morgan fingerprint density at radius 2 is 1.95 bits per heavy atom. The molecule has 2 rings (SSSR count). The fourth-order valence-electron chi connectivity index (χ4n) is 2.51. The van der Waals surface area contributed by atoms with Crippen LogP contribution in [0.3, 0.4) is 0 Å². The van der Waals surface area contributed by atoms with E-state index in [4.69, 9.17) is 11.6 Å². The number of likely N-dealkylation sites (tertiary alicyclic amines) is 1. The number of ether oxygens (including phenoxy) is 1. The SMILES string of the molecule is COC(=O)N1CCC(O)(c2ccc(Cl)c(C(F)(F)F)c2)CC1. The van der Waals surface area contributed by atoms with Crippen molar-refractivity contribution < 1.29 is 27.8 Å². The lowest BCUT2D eigenvalue weighted by Gasteiger charge is -2.38. The van der Waals surface area contributed by atoms with Gasteiger partial charge in [0.05, 0.1) is 23.3 Å². The number of carbonyl (C=O) groups is 1. The van der Waals surface area contributed by atoms with Crippen molar-refractivity contribution in [2.75, 3.05) is 20.2 Å². The van der Waals surface area contributed by atoms with Gasteiger partial charge in [0.15, 0.2) is 0 Å². The minimum absolute atomic E-state index is 0.126. The van der Waals surface area contributed by atoms with Crippen LogP contribution in [-0.2, 0) is 16.5 Å². The Morgan fingerprint density at radius 1 is 1.36 bits per heavy atom. The Labute approximate surface area is 130 Å². The number of alkyl halides is 3. The third kappa shape index (κ3) is 3.30. The van der Waals surface area contributed by atoms with Crippen LogP contribution >= 0.6 is 11.6 Å². The molecule has 4 nitrogen and oxygen atoms in total. The topological polar surface area (TPSA) is 49.8 Å². The highest BCUT2D eigenvalue weighted by atomic mass is 35.5. The Balaban J connectivity index is 2.24. The van der Waals surface area contributed by atoms with Crippen LogP contribution in [0.1, 0.15) is 24.0 Å².